The standard InChI is InChI=1S/C21H23NO5/c1-14-3-5-15(6-4-14)13-27-18-8-7-16(9-19(18)26-2)11-22-12-17(21(24)25)10-20(22)23/h3-9,17H,10-13H2,1-2H3,(H,24,25)/p-1/t17-/m0/s1. The van der Waals surface area contributed by atoms with Gasteiger partial charge in [-0.25, -0.2) is 0 Å². The first-order chi connectivity index (χ1) is 13.0. The van der Waals surface area contributed by atoms with E-state index in [1.54, 1.807) is 13.2 Å². The highest BCUT2D eigenvalue weighted by Crippen LogP contribution is 2.30. The predicted molar refractivity (Wildman–Crippen MR) is 97.0 cm³/mol. The third-order valence-corrected chi connectivity index (χ3v) is 4.66. The summed E-state index contributed by atoms with van der Waals surface area (Å²) in [6.07, 6.45) is -0.00277. The second-order valence-electron chi connectivity index (χ2n) is 6.75. The van der Waals surface area contributed by atoms with Crippen LogP contribution in [-0.2, 0) is 22.7 Å². The van der Waals surface area contributed by atoms with Crippen LogP contribution in [0.3, 0.4) is 0 Å². The molecule has 1 amide bonds. The summed E-state index contributed by atoms with van der Waals surface area (Å²) < 4.78 is 11.3. The Morgan fingerprint density at radius 1 is 1.15 bits per heavy atom. The molecule has 1 aliphatic rings. The summed E-state index contributed by atoms with van der Waals surface area (Å²) in [7, 11) is 1.56. The second-order valence-corrected chi connectivity index (χ2v) is 6.75. The van der Waals surface area contributed by atoms with E-state index in [-0.39, 0.29) is 18.9 Å². The number of aliphatic carboxylic acids is 1. The van der Waals surface area contributed by atoms with Gasteiger partial charge in [-0.1, -0.05) is 35.9 Å². The summed E-state index contributed by atoms with van der Waals surface area (Å²) in [6.45, 7) is 2.97. The normalized spacial score (nSPS) is 16.4. The predicted octanol–water partition coefficient (Wildman–Crippen LogP) is 1.68. The van der Waals surface area contributed by atoms with Crippen LogP contribution in [0.5, 0.6) is 11.5 Å². The van der Waals surface area contributed by atoms with Crippen LogP contribution in [0.4, 0.5) is 0 Å². The molecular formula is C21H22NO5-. The van der Waals surface area contributed by atoms with Crippen LogP contribution in [0.1, 0.15) is 23.1 Å². The zero-order valence-electron chi connectivity index (χ0n) is 15.4. The number of carbonyl (C=O) groups is 2. The lowest BCUT2D eigenvalue weighted by atomic mass is 10.1. The Morgan fingerprint density at radius 2 is 1.85 bits per heavy atom. The first-order valence-electron chi connectivity index (χ1n) is 8.80. The summed E-state index contributed by atoms with van der Waals surface area (Å²) in [6, 6.07) is 13.6. The van der Waals surface area contributed by atoms with Crippen molar-refractivity contribution in [3.05, 3.63) is 59.2 Å². The van der Waals surface area contributed by atoms with Crippen LogP contribution in [0, 0.1) is 12.8 Å². The summed E-state index contributed by atoms with van der Waals surface area (Å²) in [5, 5.41) is 11.0. The fourth-order valence-electron chi connectivity index (χ4n) is 3.08. The van der Waals surface area contributed by atoms with Crippen molar-refractivity contribution < 1.29 is 24.2 Å². The van der Waals surface area contributed by atoms with E-state index in [0.29, 0.717) is 24.7 Å². The fourth-order valence-corrected chi connectivity index (χ4v) is 3.08. The van der Waals surface area contributed by atoms with Crippen molar-refractivity contribution in [3.63, 3.8) is 0 Å². The van der Waals surface area contributed by atoms with Gasteiger partial charge in [-0.3, -0.25) is 4.79 Å². The van der Waals surface area contributed by atoms with Crippen LogP contribution in [0.2, 0.25) is 0 Å². The SMILES string of the molecule is COc1cc(CN2C[C@@H](C(=O)[O-])CC2=O)ccc1OCc1ccc(C)cc1. The van der Waals surface area contributed by atoms with Crippen molar-refractivity contribution in [1.29, 1.82) is 0 Å². The molecule has 1 heterocycles. The molecule has 6 heteroatoms. The van der Waals surface area contributed by atoms with Gasteiger partial charge in [0.15, 0.2) is 11.5 Å². The number of carboxylic acid groups (broad SMARTS) is 1. The molecule has 1 atom stereocenters. The molecule has 3 rings (SSSR count). The first-order valence-corrected chi connectivity index (χ1v) is 8.80. The number of methoxy groups -OCH3 is 1. The maximum atomic E-state index is 12.0. The summed E-state index contributed by atoms with van der Waals surface area (Å²) in [4.78, 5) is 24.5. The largest absolute Gasteiger partial charge is 0.550 e. The number of rotatable bonds is 7. The van der Waals surface area contributed by atoms with Gasteiger partial charge in [0.2, 0.25) is 5.91 Å². The molecule has 1 fully saturated rings. The Balaban J connectivity index is 1.66. The van der Waals surface area contributed by atoms with E-state index in [4.69, 9.17) is 9.47 Å². The van der Waals surface area contributed by atoms with E-state index in [1.807, 2.05) is 43.3 Å². The molecule has 0 radical (unpaired) electrons. The molecule has 1 saturated heterocycles. The average molecular weight is 368 g/mol. The van der Waals surface area contributed by atoms with E-state index in [9.17, 15) is 14.7 Å². The maximum Gasteiger partial charge on any atom is 0.223 e. The molecule has 0 unspecified atom stereocenters. The zero-order chi connectivity index (χ0) is 19.4. The van der Waals surface area contributed by atoms with Crippen molar-refractivity contribution in [3.8, 4) is 11.5 Å². The van der Waals surface area contributed by atoms with E-state index in [1.165, 1.54) is 10.5 Å². The lowest BCUT2D eigenvalue weighted by Gasteiger charge is -2.18. The van der Waals surface area contributed by atoms with Gasteiger partial charge in [-0.05, 0) is 30.2 Å². The molecule has 0 N–H and O–H groups in total. The highest BCUT2D eigenvalue weighted by atomic mass is 16.5. The summed E-state index contributed by atoms with van der Waals surface area (Å²) >= 11 is 0. The van der Waals surface area contributed by atoms with Gasteiger partial charge in [0, 0.05) is 31.4 Å². The lowest BCUT2D eigenvalue weighted by molar-refractivity contribution is -0.311. The highest BCUT2D eigenvalue weighted by molar-refractivity contribution is 5.85. The number of likely N-dealkylation sites (tertiary alicyclic amines) is 1. The molecule has 142 valence electrons. The molecule has 27 heavy (non-hydrogen) atoms. The van der Waals surface area contributed by atoms with E-state index in [2.05, 4.69) is 0 Å². The Labute approximate surface area is 158 Å². The third kappa shape index (κ3) is 4.58. The van der Waals surface area contributed by atoms with E-state index >= 15 is 0 Å². The van der Waals surface area contributed by atoms with Gasteiger partial charge in [-0.15, -0.1) is 0 Å². The first kappa shape index (κ1) is 18.8. The van der Waals surface area contributed by atoms with Crippen molar-refractivity contribution in [2.24, 2.45) is 5.92 Å². The number of carboxylic acids is 1. The third-order valence-electron chi connectivity index (χ3n) is 4.66. The van der Waals surface area contributed by atoms with E-state index in [0.717, 1.165) is 11.1 Å². The highest BCUT2D eigenvalue weighted by Gasteiger charge is 2.30. The molecule has 0 bridgehead atoms. The van der Waals surface area contributed by atoms with Gasteiger partial charge in [-0.2, -0.15) is 0 Å². The molecule has 0 spiro atoms. The van der Waals surface area contributed by atoms with Gasteiger partial charge in [0.25, 0.3) is 0 Å². The smallest absolute Gasteiger partial charge is 0.223 e. The van der Waals surface area contributed by atoms with Crippen molar-refractivity contribution in [1.82, 2.24) is 4.90 Å². The minimum absolute atomic E-state index is 0.00277. The number of benzene rings is 2. The van der Waals surface area contributed by atoms with E-state index < -0.39 is 11.9 Å². The molecule has 1 aliphatic heterocycles. The van der Waals surface area contributed by atoms with Gasteiger partial charge in [0.05, 0.1) is 7.11 Å². The van der Waals surface area contributed by atoms with Crippen LogP contribution in [0.15, 0.2) is 42.5 Å². The second kappa shape index (κ2) is 8.12. The molecule has 0 aliphatic carbocycles. The van der Waals surface area contributed by atoms with Crippen LogP contribution in [-0.4, -0.2) is 30.4 Å². The number of aryl methyl sites for hydroxylation is 1. The minimum Gasteiger partial charge on any atom is -0.550 e. The molecule has 2 aromatic rings. The van der Waals surface area contributed by atoms with Crippen LogP contribution >= 0.6 is 0 Å². The Bertz CT molecular complexity index is 831. The summed E-state index contributed by atoms with van der Waals surface area (Å²) in [5.74, 6) is -0.910. The van der Waals surface area contributed by atoms with Gasteiger partial charge >= 0.3 is 0 Å². The molecule has 0 aromatic heterocycles. The van der Waals surface area contributed by atoms with Crippen LogP contribution < -0.4 is 14.6 Å². The van der Waals surface area contributed by atoms with Crippen molar-refractivity contribution >= 4 is 11.9 Å². The number of amides is 1. The quantitative estimate of drug-likeness (QED) is 0.743. The number of ether oxygens (including phenoxy) is 2. The Kier molecular flexibility index (Phi) is 5.64. The summed E-state index contributed by atoms with van der Waals surface area (Å²) in [5.41, 5.74) is 3.10. The number of hydrogen-bond acceptors (Lipinski definition) is 5. The average Bonchev–Trinajstić information content (AvgIpc) is 3.02. The topological polar surface area (TPSA) is 78.9 Å². The fraction of sp³-hybridized carbons (Fsp3) is 0.333. The van der Waals surface area contributed by atoms with Gasteiger partial charge in [0.1, 0.15) is 6.61 Å². The number of hydrogen-bond donors (Lipinski definition) is 0. The minimum atomic E-state index is -1.18. The zero-order valence-corrected chi connectivity index (χ0v) is 15.4. The lowest BCUT2D eigenvalue weighted by Crippen LogP contribution is -2.33. The number of carbonyl (C=O) groups excluding carboxylic acids is 2. The van der Waals surface area contributed by atoms with Crippen LogP contribution in [0.25, 0.3) is 0 Å². The molecule has 0 saturated carbocycles. The molecule has 2 aromatic carbocycles. The van der Waals surface area contributed by atoms with Crippen molar-refractivity contribution in [2.75, 3.05) is 13.7 Å². The monoisotopic (exact) mass is 368 g/mol. The Hall–Kier alpha value is -3.02. The van der Waals surface area contributed by atoms with Crippen molar-refractivity contribution in [2.45, 2.75) is 26.5 Å². The molecular weight excluding hydrogens is 346 g/mol. The maximum absolute atomic E-state index is 12.0. The number of nitrogens with zero attached hydrogens (tertiary/aromatic N) is 1. The Morgan fingerprint density at radius 3 is 2.48 bits per heavy atom. The van der Waals surface area contributed by atoms with Gasteiger partial charge < -0.3 is 24.3 Å². The molecule has 6 nitrogen and oxygen atoms in total.